The van der Waals surface area contributed by atoms with Gasteiger partial charge in [-0.1, -0.05) is 37.3 Å². The molecule has 0 aliphatic carbocycles. The molecule has 2 fully saturated rings. The molecule has 162 valence electrons. The van der Waals surface area contributed by atoms with Gasteiger partial charge in [0.25, 0.3) is 11.1 Å². The average molecular weight is 441 g/mol. The maximum atomic E-state index is 13.0. The number of morpholine rings is 1. The van der Waals surface area contributed by atoms with E-state index in [4.69, 9.17) is 9.47 Å². The lowest BCUT2D eigenvalue weighted by Crippen LogP contribution is -2.46. The lowest BCUT2D eigenvalue weighted by atomic mass is 10.0. The van der Waals surface area contributed by atoms with Crippen LogP contribution in [-0.4, -0.2) is 66.3 Å². The minimum Gasteiger partial charge on any atom is -0.493 e. The van der Waals surface area contributed by atoms with E-state index in [2.05, 4.69) is 0 Å². The smallest absolute Gasteiger partial charge is 0.294 e. The number of amides is 3. The summed E-state index contributed by atoms with van der Waals surface area (Å²) in [5.74, 6) is -0.0355. The van der Waals surface area contributed by atoms with Crippen molar-refractivity contribution in [1.29, 1.82) is 0 Å². The molecule has 3 amide bonds. The Balaban J connectivity index is 1.61. The molecule has 0 radical (unpaired) electrons. The number of imide groups is 1. The highest BCUT2D eigenvalue weighted by molar-refractivity contribution is 8.18. The molecule has 0 unspecified atom stereocenters. The fourth-order valence-electron chi connectivity index (χ4n) is 3.58. The Kier molecular flexibility index (Phi) is 6.58. The Morgan fingerprint density at radius 3 is 2.71 bits per heavy atom. The summed E-state index contributed by atoms with van der Waals surface area (Å²) in [6.07, 6.45) is 2.56. The number of ether oxygens (including phenoxy) is 2. The highest BCUT2D eigenvalue weighted by Crippen LogP contribution is 2.36. The summed E-state index contributed by atoms with van der Waals surface area (Å²) in [7, 11) is 0. The molecule has 0 saturated carbocycles. The molecule has 8 heteroatoms. The number of carbonyl (C=O) groups is 3. The minimum absolute atomic E-state index is 0.246. The van der Waals surface area contributed by atoms with Crippen molar-refractivity contribution in [3.05, 3.63) is 46.9 Å². The van der Waals surface area contributed by atoms with Gasteiger partial charge in [-0.15, -0.1) is 0 Å². The van der Waals surface area contributed by atoms with Crippen LogP contribution < -0.4 is 4.74 Å². The third-order valence-corrected chi connectivity index (χ3v) is 6.11. The molecule has 2 aromatic rings. The van der Waals surface area contributed by atoms with Gasteiger partial charge in [-0.05, 0) is 41.1 Å². The van der Waals surface area contributed by atoms with Crippen molar-refractivity contribution in [2.75, 3.05) is 39.5 Å². The number of fused-ring (bicyclic) bond motifs is 1. The summed E-state index contributed by atoms with van der Waals surface area (Å²) in [6, 6.07) is 11.7. The van der Waals surface area contributed by atoms with Crippen LogP contribution in [-0.2, 0) is 14.3 Å². The summed E-state index contributed by atoms with van der Waals surface area (Å²) in [5, 5.41) is 1.51. The Morgan fingerprint density at radius 1 is 1.16 bits per heavy atom. The van der Waals surface area contributed by atoms with E-state index in [0.717, 1.165) is 39.4 Å². The van der Waals surface area contributed by atoms with Gasteiger partial charge in [-0.3, -0.25) is 19.3 Å². The molecular formula is C23H24N2O5S. The Morgan fingerprint density at radius 2 is 1.94 bits per heavy atom. The number of rotatable bonds is 6. The van der Waals surface area contributed by atoms with Crippen molar-refractivity contribution in [2.24, 2.45) is 0 Å². The van der Waals surface area contributed by atoms with E-state index in [1.807, 2.05) is 43.3 Å². The van der Waals surface area contributed by atoms with E-state index in [1.165, 1.54) is 0 Å². The maximum Gasteiger partial charge on any atom is 0.294 e. The van der Waals surface area contributed by atoms with Gasteiger partial charge in [0.05, 0.1) is 24.7 Å². The van der Waals surface area contributed by atoms with Crippen LogP contribution in [0.2, 0.25) is 0 Å². The number of hydrogen-bond acceptors (Lipinski definition) is 6. The average Bonchev–Trinajstić information content (AvgIpc) is 3.06. The molecule has 2 aliphatic rings. The largest absolute Gasteiger partial charge is 0.493 e. The van der Waals surface area contributed by atoms with E-state index >= 15 is 0 Å². The molecule has 0 bridgehead atoms. The van der Waals surface area contributed by atoms with Crippen LogP contribution in [0.15, 0.2) is 41.3 Å². The summed E-state index contributed by atoms with van der Waals surface area (Å²) >= 11 is 0.854. The third-order valence-electron chi connectivity index (χ3n) is 5.20. The molecule has 31 heavy (non-hydrogen) atoms. The van der Waals surface area contributed by atoms with Gasteiger partial charge in [-0.2, -0.15) is 0 Å². The zero-order valence-electron chi connectivity index (χ0n) is 17.3. The molecule has 0 atom stereocenters. The van der Waals surface area contributed by atoms with Crippen molar-refractivity contribution < 1.29 is 23.9 Å². The van der Waals surface area contributed by atoms with Crippen LogP contribution in [0.3, 0.4) is 0 Å². The highest BCUT2D eigenvalue weighted by Gasteiger charge is 2.37. The summed E-state index contributed by atoms with van der Waals surface area (Å²) in [6.45, 7) is 4.20. The van der Waals surface area contributed by atoms with Crippen LogP contribution in [0, 0.1) is 0 Å². The lowest BCUT2D eigenvalue weighted by Gasteiger charge is -2.28. The van der Waals surface area contributed by atoms with Crippen molar-refractivity contribution in [1.82, 2.24) is 9.80 Å². The number of carbonyl (C=O) groups excluding carboxylic acids is 3. The molecule has 0 N–H and O–H groups in total. The first-order valence-electron chi connectivity index (χ1n) is 10.3. The molecule has 2 heterocycles. The summed E-state index contributed by atoms with van der Waals surface area (Å²) in [4.78, 5) is 41.0. The van der Waals surface area contributed by atoms with Gasteiger partial charge in [-0.25, -0.2) is 0 Å². The number of thioether (sulfide) groups is 1. The van der Waals surface area contributed by atoms with E-state index < -0.39 is 11.1 Å². The first kappa shape index (κ1) is 21.4. The summed E-state index contributed by atoms with van der Waals surface area (Å²) < 4.78 is 11.2. The second-order valence-corrected chi connectivity index (χ2v) is 8.30. The normalized spacial score (nSPS) is 18.3. The van der Waals surface area contributed by atoms with Crippen molar-refractivity contribution in [2.45, 2.75) is 13.3 Å². The fourth-order valence-corrected chi connectivity index (χ4v) is 4.40. The lowest BCUT2D eigenvalue weighted by molar-refractivity contribution is -0.139. The zero-order chi connectivity index (χ0) is 21.8. The second-order valence-electron chi connectivity index (χ2n) is 7.31. The predicted octanol–water partition coefficient (Wildman–Crippen LogP) is 3.52. The molecule has 2 aromatic carbocycles. The van der Waals surface area contributed by atoms with Crippen LogP contribution in [0.25, 0.3) is 16.8 Å². The number of hydrogen-bond donors (Lipinski definition) is 0. The standard InChI is InChI=1S/C23H24N2O5S/c1-2-11-30-19-8-7-16-5-3-4-6-17(16)18(19)14-20-22(27)25(23(28)31-20)15-21(26)24-9-12-29-13-10-24/h3-8,14H,2,9-13,15H2,1H3/b20-14-. The predicted molar refractivity (Wildman–Crippen MR) is 120 cm³/mol. The molecule has 0 spiro atoms. The van der Waals surface area contributed by atoms with Crippen molar-refractivity contribution >= 4 is 45.7 Å². The van der Waals surface area contributed by atoms with Crippen LogP contribution in [0.1, 0.15) is 18.9 Å². The Bertz CT molecular complexity index is 1050. The monoisotopic (exact) mass is 440 g/mol. The SMILES string of the molecule is CCCOc1ccc2ccccc2c1/C=C1\SC(=O)N(CC(=O)N2CCOCC2)C1=O. The number of nitrogens with zero attached hydrogens (tertiary/aromatic N) is 2. The van der Waals surface area contributed by atoms with Gasteiger partial charge in [0.2, 0.25) is 5.91 Å². The van der Waals surface area contributed by atoms with Gasteiger partial charge in [0.1, 0.15) is 12.3 Å². The molecule has 2 aliphatic heterocycles. The van der Waals surface area contributed by atoms with Gasteiger partial charge < -0.3 is 14.4 Å². The quantitative estimate of drug-likeness (QED) is 0.640. The Hall–Kier alpha value is -2.84. The van der Waals surface area contributed by atoms with Gasteiger partial charge >= 0.3 is 0 Å². The third kappa shape index (κ3) is 4.60. The highest BCUT2D eigenvalue weighted by atomic mass is 32.2. The van der Waals surface area contributed by atoms with Gasteiger partial charge in [0.15, 0.2) is 0 Å². The van der Waals surface area contributed by atoms with Crippen molar-refractivity contribution in [3.63, 3.8) is 0 Å². The first-order valence-corrected chi connectivity index (χ1v) is 11.2. The van der Waals surface area contributed by atoms with Crippen LogP contribution in [0.4, 0.5) is 4.79 Å². The molecular weight excluding hydrogens is 416 g/mol. The fraction of sp³-hybridized carbons (Fsp3) is 0.348. The molecule has 7 nitrogen and oxygen atoms in total. The molecule has 0 aromatic heterocycles. The van der Waals surface area contributed by atoms with Crippen LogP contribution >= 0.6 is 11.8 Å². The first-order chi connectivity index (χ1) is 15.1. The minimum atomic E-state index is -0.453. The molecule has 4 rings (SSSR count). The van der Waals surface area contributed by atoms with Gasteiger partial charge in [0, 0.05) is 18.7 Å². The summed E-state index contributed by atoms with van der Waals surface area (Å²) in [5.41, 5.74) is 0.761. The van der Waals surface area contributed by atoms with E-state index in [-0.39, 0.29) is 17.4 Å². The topological polar surface area (TPSA) is 76.2 Å². The second kappa shape index (κ2) is 9.53. The maximum absolute atomic E-state index is 13.0. The molecule has 2 saturated heterocycles. The van der Waals surface area contributed by atoms with E-state index in [1.54, 1.807) is 11.0 Å². The number of benzene rings is 2. The van der Waals surface area contributed by atoms with E-state index in [9.17, 15) is 14.4 Å². The Labute approximate surface area is 185 Å². The van der Waals surface area contributed by atoms with E-state index in [0.29, 0.717) is 38.7 Å². The van der Waals surface area contributed by atoms with Crippen molar-refractivity contribution in [3.8, 4) is 5.75 Å². The zero-order valence-corrected chi connectivity index (χ0v) is 18.2. The van der Waals surface area contributed by atoms with Crippen LogP contribution in [0.5, 0.6) is 5.75 Å².